The molecule has 3 heteroatoms. The first kappa shape index (κ1) is 9.00. The van der Waals surface area contributed by atoms with Gasteiger partial charge in [0.1, 0.15) is 0 Å². The second kappa shape index (κ2) is 3.66. The molecule has 2 aliphatic rings. The van der Waals surface area contributed by atoms with Gasteiger partial charge in [-0.15, -0.1) is 0 Å². The van der Waals surface area contributed by atoms with Gasteiger partial charge in [-0.1, -0.05) is 0 Å². The minimum absolute atomic E-state index is 0.217. The van der Waals surface area contributed by atoms with Crippen molar-refractivity contribution >= 4 is 5.91 Å². The van der Waals surface area contributed by atoms with Crippen LogP contribution in [0.1, 0.15) is 32.1 Å². The fraction of sp³-hybridized carbons (Fsp3) is 0.900. The summed E-state index contributed by atoms with van der Waals surface area (Å²) in [4.78, 5) is 13.8. The summed E-state index contributed by atoms with van der Waals surface area (Å²) in [5.74, 6) is 0.563. The molecule has 0 bridgehead atoms. The molecule has 2 heterocycles. The Morgan fingerprint density at radius 3 is 3.08 bits per heavy atom. The lowest BCUT2D eigenvalue weighted by Crippen LogP contribution is -2.28. The Balaban J connectivity index is 1.91. The van der Waals surface area contributed by atoms with Crippen LogP contribution in [0.15, 0.2) is 0 Å². The summed E-state index contributed by atoms with van der Waals surface area (Å²) >= 11 is 0. The van der Waals surface area contributed by atoms with Gasteiger partial charge in [0, 0.05) is 25.1 Å². The van der Waals surface area contributed by atoms with E-state index < -0.39 is 0 Å². The molecule has 1 N–H and O–H groups in total. The third kappa shape index (κ3) is 1.57. The first-order chi connectivity index (χ1) is 6.33. The Morgan fingerprint density at radius 1 is 1.54 bits per heavy atom. The standard InChI is InChI=1S/C10H17NO2/c12-6-2-3-8-7-9-4-1-5-11(9)10(8)13/h8-9,12H,1-7H2/t8-,9-/m0/s1. The lowest BCUT2D eigenvalue weighted by molar-refractivity contribution is -0.131. The highest BCUT2D eigenvalue weighted by atomic mass is 16.3. The average molecular weight is 183 g/mol. The molecule has 2 saturated heterocycles. The molecule has 0 aromatic carbocycles. The molecule has 3 nitrogen and oxygen atoms in total. The van der Waals surface area contributed by atoms with Crippen molar-refractivity contribution in [2.45, 2.75) is 38.1 Å². The van der Waals surface area contributed by atoms with Gasteiger partial charge < -0.3 is 10.0 Å². The topological polar surface area (TPSA) is 40.5 Å². The van der Waals surface area contributed by atoms with Crippen LogP contribution in [0.2, 0.25) is 0 Å². The molecule has 0 aromatic heterocycles. The van der Waals surface area contributed by atoms with Crippen LogP contribution in [-0.2, 0) is 4.79 Å². The van der Waals surface area contributed by atoms with E-state index in [1.165, 1.54) is 12.8 Å². The van der Waals surface area contributed by atoms with Gasteiger partial charge >= 0.3 is 0 Å². The van der Waals surface area contributed by atoms with Crippen molar-refractivity contribution in [3.63, 3.8) is 0 Å². The number of aliphatic hydroxyl groups is 1. The van der Waals surface area contributed by atoms with Gasteiger partial charge in [-0.25, -0.2) is 0 Å². The summed E-state index contributed by atoms with van der Waals surface area (Å²) in [6.07, 6.45) is 5.07. The molecule has 2 fully saturated rings. The van der Waals surface area contributed by atoms with Gasteiger partial charge in [0.25, 0.3) is 0 Å². The van der Waals surface area contributed by atoms with Gasteiger partial charge in [0.15, 0.2) is 0 Å². The maximum atomic E-state index is 11.7. The molecule has 13 heavy (non-hydrogen) atoms. The number of aliphatic hydroxyl groups excluding tert-OH is 1. The summed E-state index contributed by atoms with van der Waals surface area (Å²) in [5, 5.41) is 8.69. The molecule has 2 atom stereocenters. The van der Waals surface area contributed by atoms with Gasteiger partial charge in [-0.2, -0.15) is 0 Å². The minimum atomic E-state index is 0.217. The lowest BCUT2D eigenvalue weighted by atomic mass is 9.98. The average Bonchev–Trinajstić information content (AvgIpc) is 2.67. The number of fused-ring (bicyclic) bond motifs is 1. The highest BCUT2D eigenvalue weighted by Gasteiger charge is 2.40. The molecule has 2 rings (SSSR count). The van der Waals surface area contributed by atoms with E-state index in [1.807, 2.05) is 4.90 Å². The van der Waals surface area contributed by atoms with Crippen LogP contribution in [0.5, 0.6) is 0 Å². The molecule has 1 amide bonds. The highest BCUT2D eigenvalue weighted by Crippen LogP contribution is 2.34. The minimum Gasteiger partial charge on any atom is -0.396 e. The van der Waals surface area contributed by atoms with Crippen LogP contribution in [0.25, 0.3) is 0 Å². The normalized spacial score (nSPS) is 32.7. The fourth-order valence-corrected chi connectivity index (χ4v) is 2.61. The van der Waals surface area contributed by atoms with Crippen LogP contribution < -0.4 is 0 Å². The van der Waals surface area contributed by atoms with Gasteiger partial charge in [-0.05, 0) is 32.1 Å². The van der Waals surface area contributed by atoms with Crippen molar-refractivity contribution in [3.8, 4) is 0 Å². The van der Waals surface area contributed by atoms with E-state index in [0.29, 0.717) is 11.9 Å². The van der Waals surface area contributed by atoms with Crippen molar-refractivity contribution < 1.29 is 9.90 Å². The Labute approximate surface area is 78.7 Å². The number of rotatable bonds is 3. The van der Waals surface area contributed by atoms with E-state index >= 15 is 0 Å². The van der Waals surface area contributed by atoms with Crippen LogP contribution >= 0.6 is 0 Å². The van der Waals surface area contributed by atoms with Crippen LogP contribution in [-0.4, -0.2) is 35.1 Å². The van der Waals surface area contributed by atoms with E-state index in [2.05, 4.69) is 0 Å². The summed E-state index contributed by atoms with van der Waals surface area (Å²) in [5.41, 5.74) is 0. The molecule has 0 saturated carbocycles. The smallest absolute Gasteiger partial charge is 0.226 e. The second-order valence-electron chi connectivity index (χ2n) is 4.13. The first-order valence-electron chi connectivity index (χ1n) is 5.24. The third-order valence-electron chi connectivity index (χ3n) is 3.28. The molecular formula is C10H17NO2. The van der Waals surface area contributed by atoms with E-state index in [0.717, 1.165) is 25.8 Å². The van der Waals surface area contributed by atoms with Gasteiger partial charge in [0.2, 0.25) is 5.91 Å². The summed E-state index contributed by atoms with van der Waals surface area (Å²) in [6.45, 7) is 1.19. The van der Waals surface area contributed by atoms with E-state index in [1.54, 1.807) is 0 Å². The zero-order valence-electron chi connectivity index (χ0n) is 7.91. The first-order valence-corrected chi connectivity index (χ1v) is 5.24. The number of nitrogens with zero attached hydrogens (tertiary/aromatic N) is 1. The molecule has 0 aromatic rings. The summed E-state index contributed by atoms with van der Waals surface area (Å²) < 4.78 is 0. The van der Waals surface area contributed by atoms with Crippen molar-refractivity contribution in [1.29, 1.82) is 0 Å². The van der Waals surface area contributed by atoms with Crippen LogP contribution in [0.4, 0.5) is 0 Å². The Hall–Kier alpha value is -0.570. The monoisotopic (exact) mass is 183 g/mol. The van der Waals surface area contributed by atoms with Gasteiger partial charge in [0.05, 0.1) is 0 Å². The number of carbonyl (C=O) groups is 1. The predicted molar refractivity (Wildman–Crippen MR) is 49.2 cm³/mol. The number of amides is 1. The molecule has 0 spiro atoms. The Morgan fingerprint density at radius 2 is 2.38 bits per heavy atom. The predicted octanol–water partition coefficient (Wildman–Crippen LogP) is 0.770. The quantitative estimate of drug-likeness (QED) is 0.702. The van der Waals surface area contributed by atoms with Crippen molar-refractivity contribution in [1.82, 2.24) is 4.90 Å². The Kier molecular flexibility index (Phi) is 2.54. The number of hydrogen-bond acceptors (Lipinski definition) is 2. The molecule has 0 unspecified atom stereocenters. The van der Waals surface area contributed by atoms with Crippen molar-refractivity contribution in [2.24, 2.45) is 5.92 Å². The van der Waals surface area contributed by atoms with Crippen molar-refractivity contribution in [3.05, 3.63) is 0 Å². The number of carbonyl (C=O) groups excluding carboxylic acids is 1. The summed E-state index contributed by atoms with van der Waals surface area (Å²) in [6, 6.07) is 0.538. The van der Waals surface area contributed by atoms with Crippen LogP contribution in [0.3, 0.4) is 0 Å². The molecule has 74 valence electrons. The van der Waals surface area contributed by atoms with E-state index in [-0.39, 0.29) is 12.5 Å². The third-order valence-corrected chi connectivity index (χ3v) is 3.28. The SMILES string of the molecule is O=C1[C@@H](CCCO)C[C@@H]2CCCN12. The Bertz CT molecular complexity index is 205. The maximum absolute atomic E-state index is 11.7. The maximum Gasteiger partial charge on any atom is 0.226 e. The largest absolute Gasteiger partial charge is 0.396 e. The van der Waals surface area contributed by atoms with Crippen molar-refractivity contribution in [2.75, 3.05) is 13.2 Å². The van der Waals surface area contributed by atoms with Crippen LogP contribution in [0, 0.1) is 5.92 Å². The highest BCUT2D eigenvalue weighted by molar-refractivity contribution is 5.81. The zero-order valence-corrected chi connectivity index (χ0v) is 7.91. The summed E-state index contributed by atoms with van der Waals surface area (Å²) in [7, 11) is 0. The molecule has 2 aliphatic heterocycles. The second-order valence-corrected chi connectivity index (χ2v) is 4.13. The van der Waals surface area contributed by atoms with Gasteiger partial charge in [-0.3, -0.25) is 4.79 Å². The van der Waals surface area contributed by atoms with E-state index in [9.17, 15) is 4.79 Å². The molecular weight excluding hydrogens is 166 g/mol. The fourth-order valence-electron chi connectivity index (χ4n) is 2.61. The lowest BCUT2D eigenvalue weighted by Gasteiger charge is -2.14. The molecule has 0 radical (unpaired) electrons. The zero-order chi connectivity index (χ0) is 9.26. The van der Waals surface area contributed by atoms with E-state index in [4.69, 9.17) is 5.11 Å². The molecule has 0 aliphatic carbocycles. The number of hydrogen-bond donors (Lipinski definition) is 1.